The highest BCUT2D eigenvalue weighted by Crippen LogP contribution is 2.30. The molecule has 0 aliphatic heterocycles. The van der Waals surface area contributed by atoms with Gasteiger partial charge in [-0.2, -0.15) is 0 Å². The Kier molecular flexibility index (Phi) is 5.46. The molecule has 0 aliphatic carbocycles. The van der Waals surface area contributed by atoms with E-state index < -0.39 is 0 Å². The first-order chi connectivity index (χ1) is 13.6. The summed E-state index contributed by atoms with van der Waals surface area (Å²) in [7, 11) is 0. The number of aryl methyl sites for hydroxylation is 1. The molecule has 4 aromatic rings. The fourth-order valence-corrected chi connectivity index (χ4v) is 3.92. The van der Waals surface area contributed by atoms with Crippen molar-refractivity contribution in [2.45, 2.75) is 17.8 Å². The first-order valence-corrected chi connectivity index (χ1v) is 10.1. The molecule has 0 aliphatic rings. The highest BCUT2D eigenvalue weighted by molar-refractivity contribution is 7.98. The molecule has 0 amide bonds. The minimum absolute atomic E-state index is 0.236. The van der Waals surface area contributed by atoms with Gasteiger partial charge in [-0.15, -0.1) is 10.2 Å². The molecule has 0 saturated heterocycles. The summed E-state index contributed by atoms with van der Waals surface area (Å²) in [6, 6.07) is 22.3. The van der Waals surface area contributed by atoms with Crippen LogP contribution in [0.2, 0.25) is 5.02 Å². The van der Waals surface area contributed by atoms with Crippen molar-refractivity contribution in [3.05, 3.63) is 94.8 Å². The average molecular weight is 410 g/mol. The van der Waals surface area contributed by atoms with Crippen molar-refractivity contribution in [3.8, 4) is 17.1 Å². The van der Waals surface area contributed by atoms with E-state index in [2.05, 4.69) is 29.3 Å². The van der Waals surface area contributed by atoms with E-state index in [-0.39, 0.29) is 5.82 Å². The van der Waals surface area contributed by atoms with Gasteiger partial charge in [-0.1, -0.05) is 59.3 Å². The van der Waals surface area contributed by atoms with E-state index >= 15 is 0 Å². The molecule has 140 valence electrons. The molecule has 3 nitrogen and oxygen atoms in total. The Morgan fingerprint density at radius 1 is 0.964 bits per heavy atom. The predicted octanol–water partition coefficient (Wildman–Crippen LogP) is 6.33. The molecule has 1 heterocycles. The van der Waals surface area contributed by atoms with E-state index in [0.717, 1.165) is 33.4 Å². The van der Waals surface area contributed by atoms with Crippen LogP contribution in [0.25, 0.3) is 17.1 Å². The largest absolute Gasteiger partial charge is 0.270 e. The normalized spacial score (nSPS) is 11.0. The standard InChI is InChI=1S/C22H17ClFN3S/c1-15-3-2-4-17(13-15)21-25-26-22(27(21)20-11-7-18(23)8-12-20)28-14-16-5-9-19(24)10-6-16/h2-13H,14H2,1H3. The number of hydrogen-bond acceptors (Lipinski definition) is 3. The Labute approximate surface area is 172 Å². The molecule has 0 spiro atoms. The Hall–Kier alpha value is -2.63. The molecule has 28 heavy (non-hydrogen) atoms. The Balaban J connectivity index is 1.73. The first kappa shape index (κ1) is 18.7. The lowest BCUT2D eigenvalue weighted by Crippen LogP contribution is -2.00. The molecule has 0 bridgehead atoms. The van der Waals surface area contributed by atoms with Gasteiger partial charge >= 0.3 is 0 Å². The molecule has 1 aromatic heterocycles. The molecule has 0 atom stereocenters. The van der Waals surface area contributed by atoms with E-state index in [4.69, 9.17) is 11.6 Å². The van der Waals surface area contributed by atoms with Crippen molar-refractivity contribution < 1.29 is 4.39 Å². The van der Waals surface area contributed by atoms with Gasteiger partial charge in [0.1, 0.15) is 5.82 Å². The SMILES string of the molecule is Cc1cccc(-c2nnc(SCc3ccc(F)cc3)n2-c2ccc(Cl)cc2)c1. The van der Waals surface area contributed by atoms with Crippen LogP contribution < -0.4 is 0 Å². The van der Waals surface area contributed by atoms with Crippen LogP contribution >= 0.6 is 23.4 Å². The van der Waals surface area contributed by atoms with Crippen molar-refractivity contribution >= 4 is 23.4 Å². The third-order valence-corrected chi connectivity index (χ3v) is 5.53. The van der Waals surface area contributed by atoms with Gasteiger partial charge in [-0.05, 0) is 55.0 Å². The van der Waals surface area contributed by atoms with E-state index in [1.165, 1.54) is 12.1 Å². The number of hydrogen-bond donors (Lipinski definition) is 0. The molecule has 0 saturated carbocycles. The van der Waals surface area contributed by atoms with Crippen molar-refractivity contribution in [2.75, 3.05) is 0 Å². The van der Waals surface area contributed by atoms with Crippen molar-refractivity contribution in [2.24, 2.45) is 0 Å². The summed E-state index contributed by atoms with van der Waals surface area (Å²) in [5, 5.41) is 10.3. The predicted molar refractivity (Wildman–Crippen MR) is 113 cm³/mol. The van der Waals surface area contributed by atoms with E-state index in [0.29, 0.717) is 10.8 Å². The molecule has 0 N–H and O–H groups in total. The van der Waals surface area contributed by atoms with Crippen molar-refractivity contribution in [3.63, 3.8) is 0 Å². The Bertz CT molecular complexity index is 1090. The maximum absolute atomic E-state index is 13.1. The fourth-order valence-electron chi connectivity index (χ4n) is 2.89. The zero-order valence-corrected chi connectivity index (χ0v) is 16.7. The highest BCUT2D eigenvalue weighted by atomic mass is 35.5. The van der Waals surface area contributed by atoms with Gasteiger partial charge < -0.3 is 0 Å². The lowest BCUT2D eigenvalue weighted by Gasteiger charge is -2.11. The summed E-state index contributed by atoms with van der Waals surface area (Å²) < 4.78 is 15.2. The van der Waals surface area contributed by atoms with Crippen molar-refractivity contribution in [1.82, 2.24) is 14.8 Å². The number of benzene rings is 3. The molecule has 3 aromatic carbocycles. The maximum atomic E-state index is 13.1. The summed E-state index contributed by atoms with van der Waals surface area (Å²) in [6.07, 6.45) is 0. The van der Waals surface area contributed by atoms with Gasteiger partial charge in [-0.3, -0.25) is 4.57 Å². The van der Waals surface area contributed by atoms with Crippen LogP contribution in [-0.4, -0.2) is 14.8 Å². The zero-order chi connectivity index (χ0) is 19.5. The van der Waals surface area contributed by atoms with Crippen LogP contribution in [0.15, 0.2) is 78.0 Å². The van der Waals surface area contributed by atoms with Gasteiger partial charge in [0.2, 0.25) is 0 Å². The Morgan fingerprint density at radius 3 is 2.43 bits per heavy atom. The smallest absolute Gasteiger partial charge is 0.196 e. The van der Waals surface area contributed by atoms with Crippen molar-refractivity contribution in [1.29, 1.82) is 0 Å². The highest BCUT2D eigenvalue weighted by Gasteiger charge is 2.16. The fraction of sp³-hybridized carbons (Fsp3) is 0.0909. The number of aromatic nitrogens is 3. The molecule has 0 radical (unpaired) electrons. The summed E-state index contributed by atoms with van der Waals surface area (Å²) in [5.74, 6) is 1.20. The number of rotatable bonds is 5. The van der Waals surface area contributed by atoms with Gasteiger partial charge in [0.05, 0.1) is 0 Å². The lowest BCUT2D eigenvalue weighted by atomic mass is 10.1. The molecule has 0 unspecified atom stereocenters. The monoisotopic (exact) mass is 409 g/mol. The Morgan fingerprint density at radius 2 is 1.71 bits per heavy atom. The van der Waals surface area contributed by atoms with Crippen LogP contribution in [-0.2, 0) is 5.75 Å². The van der Waals surface area contributed by atoms with E-state index in [1.807, 2.05) is 41.0 Å². The molecular weight excluding hydrogens is 393 g/mol. The first-order valence-electron chi connectivity index (χ1n) is 8.76. The quantitative estimate of drug-likeness (QED) is 0.361. The van der Waals surface area contributed by atoms with Gasteiger partial charge in [0, 0.05) is 22.0 Å². The van der Waals surface area contributed by atoms with Crippen LogP contribution in [0.1, 0.15) is 11.1 Å². The van der Waals surface area contributed by atoms with Crippen LogP contribution in [0.5, 0.6) is 0 Å². The average Bonchev–Trinajstić information content (AvgIpc) is 3.12. The third-order valence-electron chi connectivity index (χ3n) is 4.28. The lowest BCUT2D eigenvalue weighted by molar-refractivity contribution is 0.627. The van der Waals surface area contributed by atoms with Gasteiger partial charge in [0.15, 0.2) is 11.0 Å². The van der Waals surface area contributed by atoms with Gasteiger partial charge in [0.25, 0.3) is 0 Å². The maximum Gasteiger partial charge on any atom is 0.196 e. The number of halogens is 2. The van der Waals surface area contributed by atoms with Crippen LogP contribution in [0, 0.1) is 12.7 Å². The molecule has 0 fully saturated rings. The molecule has 6 heteroatoms. The van der Waals surface area contributed by atoms with Crippen LogP contribution in [0.3, 0.4) is 0 Å². The second-order valence-electron chi connectivity index (χ2n) is 6.40. The summed E-state index contributed by atoms with van der Waals surface area (Å²) in [5.41, 5.74) is 4.11. The van der Waals surface area contributed by atoms with Crippen LogP contribution in [0.4, 0.5) is 4.39 Å². The second-order valence-corrected chi connectivity index (χ2v) is 7.78. The van der Waals surface area contributed by atoms with E-state index in [1.54, 1.807) is 23.9 Å². The second kappa shape index (κ2) is 8.17. The zero-order valence-electron chi connectivity index (χ0n) is 15.1. The summed E-state index contributed by atoms with van der Waals surface area (Å²) in [4.78, 5) is 0. The minimum Gasteiger partial charge on any atom is -0.270 e. The van der Waals surface area contributed by atoms with E-state index in [9.17, 15) is 4.39 Å². The minimum atomic E-state index is -0.236. The molecule has 4 rings (SSSR count). The number of thioether (sulfide) groups is 1. The summed E-state index contributed by atoms with van der Waals surface area (Å²) in [6.45, 7) is 2.05. The third kappa shape index (κ3) is 4.11. The summed E-state index contributed by atoms with van der Waals surface area (Å²) >= 11 is 7.63. The van der Waals surface area contributed by atoms with Gasteiger partial charge in [-0.25, -0.2) is 4.39 Å². The molecular formula is C22H17ClFN3S. The topological polar surface area (TPSA) is 30.7 Å². The number of nitrogens with zero attached hydrogens (tertiary/aromatic N) is 3.